The summed E-state index contributed by atoms with van der Waals surface area (Å²) in [6, 6.07) is 14.8. The van der Waals surface area contributed by atoms with Gasteiger partial charge in [0.15, 0.2) is 0 Å². The van der Waals surface area contributed by atoms with Crippen molar-refractivity contribution in [3.05, 3.63) is 54.5 Å². The molecule has 4 rings (SSSR count). The zero-order chi connectivity index (χ0) is 18.1. The Hall–Kier alpha value is -2.79. The van der Waals surface area contributed by atoms with Crippen LogP contribution in [0.15, 0.2) is 48.8 Å². The lowest BCUT2D eigenvalue weighted by Gasteiger charge is -2.21. The minimum Gasteiger partial charge on any atom is -0.372 e. The molecule has 0 saturated heterocycles. The van der Waals surface area contributed by atoms with Crippen molar-refractivity contribution >= 4 is 51.4 Å². The van der Waals surface area contributed by atoms with E-state index in [9.17, 15) is 0 Å². The van der Waals surface area contributed by atoms with Gasteiger partial charge < -0.3 is 15.2 Å². The normalized spacial score (nSPS) is 10.8. The molecule has 0 atom stereocenters. The summed E-state index contributed by atoms with van der Waals surface area (Å²) in [7, 11) is 0. The van der Waals surface area contributed by atoms with Gasteiger partial charge in [-0.15, -0.1) is 12.4 Å². The van der Waals surface area contributed by atoms with E-state index in [0.29, 0.717) is 0 Å². The number of pyridine rings is 1. The molecule has 5 nitrogen and oxygen atoms in total. The zero-order valence-electron chi connectivity index (χ0n) is 15.8. The Bertz CT molecular complexity index is 1050. The van der Waals surface area contributed by atoms with Crippen molar-refractivity contribution in [2.75, 3.05) is 23.3 Å². The van der Waals surface area contributed by atoms with Crippen LogP contribution in [0.4, 0.5) is 17.1 Å². The number of rotatable bonds is 5. The molecule has 2 aromatic heterocycles. The van der Waals surface area contributed by atoms with Crippen LogP contribution in [0.25, 0.3) is 21.9 Å². The first-order valence-electron chi connectivity index (χ1n) is 9.04. The molecule has 0 aliphatic heterocycles. The summed E-state index contributed by atoms with van der Waals surface area (Å²) >= 11 is 0. The highest BCUT2D eigenvalue weighted by atomic mass is 35.5. The van der Waals surface area contributed by atoms with E-state index < -0.39 is 0 Å². The Morgan fingerprint density at radius 1 is 1.00 bits per heavy atom. The van der Waals surface area contributed by atoms with Gasteiger partial charge in [0.05, 0.1) is 11.2 Å². The first-order valence-corrected chi connectivity index (χ1v) is 9.04. The molecule has 2 aromatic carbocycles. The summed E-state index contributed by atoms with van der Waals surface area (Å²) in [5.74, 6) is 0. The van der Waals surface area contributed by atoms with Crippen LogP contribution in [-0.4, -0.2) is 28.0 Å². The molecule has 0 unspecified atom stereocenters. The van der Waals surface area contributed by atoms with Gasteiger partial charge in [-0.05, 0) is 63.2 Å². The van der Waals surface area contributed by atoms with E-state index in [-0.39, 0.29) is 12.4 Å². The highest BCUT2D eigenvalue weighted by Gasteiger charge is 2.10. The van der Waals surface area contributed by atoms with Crippen LogP contribution in [-0.2, 0) is 0 Å². The topological polar surface area (TPSA) is 56.8 Å². The number of nitrogens with zero attached hydrogens (tertiary/aromatic N) is 3. The molecule has 0 aliphatic carbocycles. The fraction of sp³-hybridized carbons (Fsp3) is 0.238. The number of fused-ring (bicyclic) bond motifs is 3. The Kier molecular flexibility index (Phi) is 5.51. The molecule has 2 N–H and O–H groups in total. The Morgan fingerprint density at radius 3 is 2.44 bits per heavy atom. The third-order valence-electron chi connectivity index (χ3n) is 4.78. The maximum Gasteiger partial charge on any atom is 0.116 e. The van der Waals surface area contributed by atoms with E-state index in [2.05, 4.69) is 82.3 Å². The first kappa shape index (κ1) is 19.0. The monoisotopic (exact) mass is 381 g/mol. The van der Waals surface area contributed by atoms with Gasteiger partial charge in [0.2, 0.25) is 0 Å². The van der Waals surface area contributed by atoms with Gasteiger partial charge in [0.25, 0.3) is 0 Å². The maximum absolute atomic E-state index is 4.46. The average molecular weight is 382 g/mol. The second-order valence-corrected chi connectivity index (χ2v) is 6.44. The molecule has 0 saturated carbocycles. The van der Waals surface area contributed by atoms with Gasteiger partial charge in [0, 0.05) is 41.1 Å². The molecule has 0 fully saturated rings. The number of nitrogens with one attached hydrogen (secondary N) is 2. The number of aromatic nitrogens is 3. The number of imidazole rings is 1. The highest BCUT2D eigenvalue weighted by Crippen LogP contribution is 2.32. The van der Waals surface area contributed by atoms with Crippen molar-refractivity contribution in [2.24, 2.45) is 0 Å². The van der Waals surface area contributed by atoms with Gasteiger partial charge in [-0.25, -0.2) is 9.97 Å². The van der Waals surface area contributed by atoms with E-state index >= 15 is 0 Å². The molecule has 140 valence electrons. The first-order chi connectivity index (χ1) is 12.7. The summed E-state index contributed by atoms with van der Waals surface area (Å²) in [4.78, 5) is 14.6. The second-order valence-electron chi connectivity index (χ2n) is 6.44. The lowest BCUT2D eigenvalue weighted by atomic mass is 10.1. The van der Waals surface area contributed by atoms with Gasteiger partial charge in [-0.3, -0.25) is 0 Å². The quantitative estimate of drug-likeness (QED) is 0.484. The number of hydrogen-bond acceptors (Lipinski definition) is 4. The standard InChI is InChI=1S/C21H23N5.ClH/c1-4-26(5-2)16-8-6-15(7-9-16)25-19-12-14(3)24-17-10-11-18-21(20(17)19)23-13-22-18;/h6-13,24-25H,4-5H2,1-3H3;1H. The number of anilines is 3. The second kappa shape index (κ2) is 7.84. The van der Waals surface area contributed by atoms with Crippen LogP contribution in [0.3, 0.4) is 0 Å². The van der Waals surface area contributed by atoms with Crippen LogP contribution < -0.4 is 10.2 Å². The van der Waals surface area contributed by atoms with Crippen LogP contribution in [0.1, 0.15) is 19.5 Å². The summed E-state index contributed by atoms with van der Waals surface area (Å²) in [6.45, 7) is 8.44. The maximum atomic E-state index is 4.46. The number of aromatic amines is 1. The summed E-state index contributed by atoms with van der Waals surface area (Å²) in [5, 5.41) is 4.63. The van der Waals surface area contributed by atoms with E-state index in [1.165, 1.54) is 5.69 Å². The SMILES string of the molecule is CCN(CC)c1ccc(Nc2cc(C)[nH]c3ccc4ncnc4c23)cc1.Cl. The molecular formula is C21H24ClN5. The summed E-state index contributed by atoms with van der Waals surface area (Å²) in [6.07, 6.45) is 1.62. The molecule has 4 aromatic rings. The van der Waals surface area contributed by atoms with E-state index in [4.69, 9.17) is 0 Å². The van der Waals surface area contributed by atoms with E-state index in [0.717, 1.165) is 52.1 Å². The number of H-pyrrole nitrogens is 1. The summed E-state index contributed by atoms with van der Waals surface area (Å²) < 4.78 is 0. The Balaban J connectivity index is 0.00000210. The van der Waals surface area contributed by atoms with Crippen LogP contribution in [0, 0.1) is 6.92 Å². The predicted octanol–water partition coefficient (Wildman–Crippen LogP) is 5.43. The molecule has 0 radical (unpaired) electrons. The highest BCUT2D eigenvalue weighted by molar-refractivity contribution is 6.10. The largest absolute Gasteiger partial charge is 0.372 e. The van der Waals surface area contributed by atoms with Crippen LogP contribution in [0.2, 0.25) is 0 Å². The number of benzene rings is 2. The average Bonchev–Trinajstić information content (AvgIpc) is 3.12. The molecule has 0 spiro atoms. The summed E-state index contributed by atoms with van der Waals surface area (Å²) in [5.41, 5.74) is 7.32. The van der Waals surface area contributed by atoms with Crippen molar-refractivity contribution < 1.29 is 0 Å². The van der Waals surface area contributed by atoms with Gasteiger partial charge in [-0.2, -0.15) is 0 Å². The fourth-order valence-electron chi connectivity index (χ4n) is 3.48. The van der Waals surface area contributed by atoms with Gasteiger partial charge >= 0.3 is 0 Å². The van der Waals surface area contributed by atoms with Crippen molar-refractivity contribution in [3.63, 3.8) is 0 Å². The van der Waals surface area contributed by atoms with E-state index in [1.54, 1.807) is 6.33 Å². The van der Waals surface area contributed by atoms with Crippen LogP contribution in [0.5, 0.6) is 0 Å². The molecular weight excluding hydrogens is 358 g/mol. The molecule has 0 amide bonds. The minimum absolute atomic E-state index is 0. The van der Waals surface area contributed by atoms with Gasteiger partial charge in [-0.1, -0.05) is 0 Å². The van der Waals surface area contributed by atoms with E-state index in [1.807, 2.05) is 6.07 Å². The molecule has 2 heterocycles. The smallest absolute Gasteiger partial charge is 0.116 e. The third-order valence-corrected chi connectivity index (χ3v) is 4.78. The van der Waals surface area contributed by atoms with Crippen molar-refractivity contribution in [3.8, 4) is 0 Å². The van der Waals surface area contributed by atoms with Crippen LogP contribution >= 0.6 is 12.4 Å². The number of aryl methyl sites for hydroxylation is 1. The lowest BCUT2D eigenvalue weighted by Crippen LogP contribution is -2.21. The van der Waals surface area contributed by atoms with Crippen molar-refractivity contribution in [2.45, 2.75) is 20.8 Å². The third kappa shape index (κ3) is 3.55. The molecule has 0 bridgehead atoms. The predicted molar refractivity (Wildman–Crippen MR) is 117 cm³/mol. The fourth-order valence-corrected chi connectivity index (χ4v) is 3.48. The van der Waals surface area contributed by atoms with Gasteiger partial charge in [0.1, 0.15) is 11.8 Å². The molecule has 6 heteroatoms. The number of hydrogen-bond donors (Lipinski definition) is 2. The minimum atomic E-state index is 0. The Morgan fingerprint density at radius 2 is 1.74 bits per heavy atom. The molecule has 27 heavy (non-hydrogen) atoms. The van der Waals surface area contributed by atoms with Crippen molar-refractivity contribution in [1.82, 2.24) is 15.0 Å². The molecule has 0 aliphatic rings. The Labute approximate surface area is 165 Å². The lowest BCUT2D eigenvalue weighted by molar-refractivity contribution is 0.866. The van der Waals surface area contributed by atoms with Crippen molar-refractivity contribution in [1.29, 1.82) is 0 Å². The number of halogens is 1. The zero-order valence-corrected chi connectivity index (χ0v) is 16.6.